The van der Waals surface area contributed by atoms with Crippen LogP contribution in [-0.4, -0.2) is 38.9 Å². The van der Waals surface area contributed by atoms with Crippen LogP contribution in [0.4, 0.5) is 0 Å². The fraction of sp³-hybridized carbons (Fsp3) is 0.625. The maximum Gasteiger partial charge on any atom is 0.243 e. The van der Waals surface area contributed by atoms with E-state index >= 15 is 0 Å². The summed E-state index contributed by atoms with van der Waals surface area (Å²) in [7, 11) is -3.31. The van der Waals surface area contributed by atoms with Gasteiger partial charge >= 0.3 is 0 Å². The van der Waals surface area contributed by atoms with Crippen molar-refractivity contribution in [2.45, 2.75) is 31.1 Å². The Hall–Kier alpha value is -0.910. The van der Waals surface area contributed by atoms with E-state index in [2.05, 4.69) is 5.32 Å². The lowest BCUT2D eigenvalue weighted by atomic mass is 9.84. The first-order chi connectivity index (χ1) is 10.1. The van der Waals surface area contributed by atoms with E-state index in [1.54, 1.807) is 16.4 Å². The molecule has 0 aliphatic carbocycles. The largest absolute Gasteiger partial charge is 0.316 e. The minimum atomic E-state index is -3.31. The molecule has 0 aromatic heterocycles. The van der Waals surface area contributed by atoms with Crippen LogP contribution in [-0.2, 0) is 10.0 Å². The van der Waals surface area contributed by atoms with Crippen molar-refractivity contribution in [1.29, 1.82) is 0 Å². The molecule has 1 aromatic carbocycles. The predicted octanol–water partition coefficient (Wildman–Crippen LogP) is 2.01. The van der Waals surface area contributed by atoms with Crippen molar-refractivity contribution in [3.63, 3.8) is 0 Å². The highest BCUT2D eigenvalue weighted by atomic mass is 32.2. The van der Waals surface area contributed by atoms with E-state index < -0.39 is 10.0 Å². The molecule has 116 valence electrons. The van der Waals surface area contributed by atoms with Crippen LogP contribution in [0.15, 0.2) is 29.2 Å². The fourth-order valence-corrected chi connectivity index (χ4v) is 5.17. The number of rotatable bonds is 3. The van der Waals surface area contributed by atoms with Crippen LogP contribution in [0.3, 0.4) is 0 Å². The van der Waals surface area contributed by atoms with Gasteiger partial charge < -0.3 is 5.32 Å². The second-order valence-corrected chi connectivity index (χ2v) is 8.25. The summed E-state index contributed by atoms with van der Waals surface area (Å²) in [4.78, 5) is 0.434. The Kier molecular flexibility index (Phi) is 4.33. The van der Waals surface area contributed by atoms with Crippen molar-refractivity contribution >= 4 is 10.0 Å². The molecule has 1 N–H and O–H groups in total. The molecule has 2 aliphatic heterocycles. The van der Waals surface area contributed by atoms with Crippen molar-refractivity contribution in [3.05, 3.63) is 29.8 Å². The van der Waals surface area contributed by atoms with Gasteiger partial charge in [0.05, 0.1) is 4.90 Å². The van der Waals surface area contributed by atoms with E-state index in [4.69, 9.17) is 0 Å². The molecule has 1 atom stereocenters. The molecule has 2 saturated heterocycles. The molecular formula is C16H24N2O2S. The molecule has 0 spiro atoms. The summed E-state index contributed by atoms with van der Waals surface area (Å²) < 4.78 is 27.0. The lowest BCUT2D eigenvalue weighted by molar-refractivity contribution is 0.216. The van der Waals surface area contributed by atoms with Crippen molar-refractivity contribution in [3.8, 4) is 0 Å². The maximum atomic E-state index is 12.7. The van der Waals surface area contributed by atoms with E-state index in [-0.39, 0.29) is 0 Å². The summed E-state index contributed by atoms with van der Waals surface area (Å²) in [6.45, 7) is 5.48. The van der Waals surface area contributed by atoms with E-state index in [0.717, 1.165) is 37.4 Å². The number of piperidine rings is 1. The molecule has 2 fully saturated rings. The van der Waals surface area contributed by atoms with Crippen LogP contribution >= 0.6 is 0 Å². The third kappa shape index (κ3) is 3.15. The van der Waals surface area contributed by atoms with Crippen LogP contribution in [0.2, 0.25) is 0 Å². The van der Waals surface area contributed by atoms with Gasteiger partial charge in [-0.3, -0.25) is 0 Å². The third-order valence-electron chi connectivity index (χ3n) is 4.89. The van der Waals surface area contributed by atoms with Crippen LogP contribution < -0.4 is 5.32 Å². The topological polar surface area (TPSA) is 49.4 Å². The van der Waals surface area contributed by atoms with Gasteiger partial charge in [-0.1, -0.05) is 12.1 Å². The Bertz CT molecular complexity index is 586. The summed E-state index contributed by atoms with van der Waals surface area (Å²) in [5.41, 5.74) is 0.989. The molecule has 21 heavy (non-hydrogen) atoms. The lowest BCUT2D eigenvalue weighted by Crippen LogP contribution is -2.40. The highest BCUT2D eigenvalue weighted by Crippen LogP contribution is 2.31. The minimum Gasteiger partial charge on any atom is -0.316 e. The predicted molar refractivity (Wildman–Crippen MR) is 83.6 cm³/mol. The SMILES string of the molecule is Cc1cccc(S(=O)(=O)N2CCC(C3CCNC3)CC2)c1. The van der Waals surface area contributed by atoms with Gasteiger partial charge in [0.1, 0.15) is 0 Å². The van der Waals surface area contributed by atoms with Gasteiger partial charge in [0.25, 0.3) is 0 Å². The molecule has 1 aromatic rings. The number of nitrogens with zero attached hydrogens (tertiary/aromatic N) is 1. The second-order valence-electron chi connectivity index (χ2n) is 6.31. The summed E-state index contributed by atoms with van der Waals surface area (Å²) in [5.74, 6) is 1.43. The lowest BCUT2D eigenvalue weighted by Gasteiger charge is -2.34. The number of hydrogen-bond donors (Lipinski definition) is 1. The minimum absolute atomic E-state index is 0.434. The van der Waals surface area contributed by atoms with Gasteiger partial charge in [-0.2, -0.15) is 4.31 Å². The molecular weight excluding hydrogens is 284 g/mol. The van der Waals surface area contributed by atoms with Gasteiger partial charge in [-0.05, 0) is 68.8 Å². The third-order valence-corrected chi connectivity index (χ3v) is 6.79. The molecule has 5 heteroatoms. The zero-order valence-electron chi connectivity index (χ0n) is 12.6. The Morgan fingerprint density at radius 1 is 1.14 bits per heavy atom. The number of nitrogens with one attached hydrogen (secondary N) is 1. The second kappa shape index (κ2) is 6.07. The zero-order valence-corrected chi connectivity index (χ0v) is 13.4. The van der Waals surface area contributed by atoms with E-state index in [9.17, 15) is 8.42 Å². The van der Waals surface area contributed by atoms with Crippen LogP contribution in [0.25, 0.3) is 0 Å². The highest BCUT2D eigenvalue weighted by molar-refractivity contribution is 7.89. The average molecular weight is 308 g/mol. The number of benzene rings is 1. The van der Waals surface area contributed by atoms with Crippen molar-refractivity contribution in [1.82, 2.24) is 9.62 Å². The first kappa shape index (κ1) is 15.0. The first-order valence-electron chi connectivity index (χ1n) is 7.85. The average Bonchev–Trinajstić information content (AvgIpc) is 3.02. The number of aryl methyl sites for hydroxylation is 1. The van der Waals surface area contributed by atoms with Crippen molar-refractivity contribution in [2.75, 3.05) is 26.2 Å². The summed E-state index contributed by atoms with van der Waals surface area (Å²) >= 11 is 0. The van der Waals surface area contributed by atoms with Crippen LogP contribution in [0, 0.1) is 18.8 Å². The van der Waals surface area contributed by atoms with Crippen LogP contribution in [0.1, 0.15) is 24.8 Å². The summed E-state index contributed by atoms with van der Waals surface area (Å²) in [6, 6.07) is 7.22. The van der Waals surface area contributed by atoms with Crippen molar-refractivity contribution in [2.24, 2.45) is 11.8 Å². The molecule has 0 radical (unpaired) electrons. The molecule has 0 saturated carbocycles. The van der Waals surface area contributed by atoms with Gasteiger partial charge in [0.2, 0.25) is 10.0 Å². The van der Waals surface area contributed by atoms with Gasteiger partial charge in [-0.15, -0.1) is 0 Å². The van der Waals surface area contributed by atoms with Gasteiger partial charge in [-0.25, -0.2) is 8.42 Å². The molecule has 2 aliphatic rings. The quantitative estimate of drug-likeness (QED) is 0.929. The Labute approximate surface area is 127 Å². The highest BCUT2D eigenvalue weighted by Gasteiger charge is 2.33. The Morgan fingerprint density at radius 3 is 2.52 bits per heavy atom. The Morgan fingerprint density at radius 2 is 1.90 bits per heavy atom. The first-order valence-corrected chi connectivity index (χ1v) is 9.29. The van der Waals surface area contributed by atoms with Gasteiger partial charge in [0, 0.05) is 13.1 Å². The molecule has 2 heterocycles. The summed E-state index contributed by atoms with van der Waals surface area (Å²) in [5, 5.41) is 3.41. The van der Waals surface area contributed by atoms with Crippen molar-refractivity contribution < 1.29 is 8.42 Å². The normalized spacial score (nSPS) is 25.3. The Balaban J connectivity index is 1.68. The standard InChI is InChI=1S/C16H24N2O2S/c1-13-3-2-4-16(11-13)21(19,20)18-9-6-14(7-10-18)15-5-8-17-12-15/h2-4,11,14-15,17H,5-10,12H2,1H3. The molecule has 1 unspecified atom stereocenters. The molecule has 0 bridgehead atoms. The zero-order chi connectivity index (χ0) is 14.9. The number of sulfonamides is 1. The molecule has 4 nitrogen and oxygen atoms in total. The molecule has 3 rings (SSSR count). The van der Waals surface area contributed by atoms with E-state index in [1.807, 2.05) is 19.1 Å². The van der Waals surface area contributed by atoms with E-state index in [1.165, 1.54) is 6.42 Å². The fourth-order valence-electron chi connectivity index (χ4n) is 3.59. The maximum absolute atomic E-state index is 12.7. The number of hydrogen-bond acceptors (Lipinski definition) is 3. The smallest absolute Gasteiger partial charge is 0.243 e. The monoisotopic (exact) mass is 308 g/mol. The van der Waals surface area contributed by atoms with Gasteiger partial charge in [0.15, 0.2) is 0 Å². The molecule has 0 amide bonds. The summed E-state index contributed by atoms with van der Waals surface area (Å²) in [6.07, 6.45) is 3.24. The van der Waals surface area contributed by atoms with Crippen LogP contribution in [0.5, 0.6) is 0 Å². The van der Waals surface area contributed by atoms with E-state index in [0.29, 0.717) is 23.9 Å².